The molecule has 2 heterocycles. The maximum Gasteiger partial charge on any atom is 0.253 e. The molecule has 0 bridgehead atoms. The molecule has 0 saturated heterocycles. The van der Waals surface area contributed by atoms with Gasteiger partial charge >= 0.3 is 0 Å². The molecule has 1 aromatic carbocycles. The quantitative estimate of drug-likeness (QED) is 0.561. The first-order valence-corrected chi connectivity index (χ1v) is 10.3. The summed E-state index contributed by atoms with van der Waals surface area (Å²) in [4.78, 5) is 19.2. The molecule has 1 aliphatic carbocycles. The van der Waals surface area contributed by atoms with Crippen molar-refractivity contribution in [3.8, 4) is 17.3 Å². The minimum absolute atomic E-state index is 0.0425. The van der Waals surface area contributed by atoms with Gasteiger partial charge in [0.25, 0.3) is 5.91 Å². The maximum atomic E-state index is 12.3. The van der Waals surface area contributed by atoms with Gasteiger partial charge in [-0.15, -0.1) is 0 Å². The second kappa shape index (κ2) is 7.16. The number of ether oxygens (including phenoxy) is 1. The molecule has 1 amide bonds. The van der Waals surface area contributed by atoms with Crippen LogP contribution in [0.5, 0.6) is 11.6 Å². The fourth-order valence-corrected chi connectivity index (χ4v) is 4.17. The van der Waals surface area contributed by atoms with Crippen molar-refractivity contribution in [2.75, 3.05) is 26.4 Å². The van der Waals surface area contributed by atoms with Gasteiger partial charge in [-0.3, -0.25) is 9.36 Å². The van der Waals surface area contributed by atoms with E-state index in [2.05, 4.69) is 19.0 Å². The van der Waals surface area contributed by atoms with Crippen molar-refractivity contribution in [3.05, 3.63) is 40.5 Å². The average molecular weight is 424 g/mol. The first kappa shape index (κ1) is 21.0. The highest BCUT2D eigenvalue weighted by Crippen LogP contribution is 2.41. The number of fused-ring (bicyclic) bond motifs is 1. The van der Waals surface area contributed by atoms with Gasteiger partial charge in [0, 0.05) is 16.5 Å². The van der Waals surface area contributed by atoms with Gasteiger partial charge in [0.2, 0.25) is 5.88 Å². The van der Waals surface area contributed by atoms with Crippen molar-refractivity contribution >= 4 is 22.8 Å². The number of rotatable bonds is 6. The molecule has 31 heavy (non-hydrogen) atoms. The molecule has 2 aromatic heterocycles. The number of hydrogen-bond donors (Lipinski definition) is 3. The largest absolute Gasteiger partial charge is 0.508 e. The molecule has 1 aliphatic rings. The molecule has 8 nitrogen and oxygen atoms in total. The third-order valence-electron chi connectivity index (χ3n) is 6.45. The summed E-state index contributed by atoms with van der Waals surface area (Å²) in [6, 6.07) is 5.27. The lowest BCUT2D eigenvalue weighted by atomic mass is 10.1. The van der Waals surface area contributed by atoms with Gasteiger partial charge in [-0.1, -0.05) is 6.07 Å². The molecule has 3 aromatic rings. The predicted molar refractivity (Wildman–Crippen MR) is 121 cm³/mol. The van der Waals surface area contributed by atoms with Crippen molar-refractivity contribution in [2.24, 2.45) is 5.73 Å². The fourth-order valence-electron chi connectivity index (χ4n) is 4.17. The van der Waals surface area contributed by atoms with E-state index in [4.69, 9.17) is 21.2 Å². The van der Waals surface area contributed by atoms with E-state index in [9.17, 15) is 9.90 Å². The molecule has 0 atom stereocenters. The summed E-state index contributed by atoms with van der Waals surface area (Å²) >= 11 is 0. The van der Waals surface area contributed by atoms with Crippen LogP contribution in [0.1, 0.15) is 39.9 Å². The summed E-state index contributed by atoms with van der Waals surface area (Å²) in [5, 5.41) is 10.9. The van der Waals surface area contributed by atoms with Gasteiger partial charge < -0.3 is 26.2 Å². The lowest BCUT2D eigenvalue weighted by Crippen LogP contribution is -2.36. The van der Waals surface area contributed by atoms with E-state index in [1.54, 1.807) is 23.6 Å². The van der Waals surface area contributed by atoms with Crippen LogP contribution < -0.4 is 16.2 Å². The Morgan fingerprint density at radius 3 is 2.52 bits per heavy atom. The Morgan fingerprint density at radius 1 is 1.26 bits per heavy atom. The van der Waals surface area contributed by atoms with Gasteiger partial charge in [0.1, 0.15) is 18.2 Å². The Balaban J connectivity index is 1.93. The molecule has 164 valence electrons. The normalized spacial score (nSPS) is 14.9. The molecule has 8 heteroatoms. The monoisotopic (exact) mass is 423 g/mol. The number of aromatic hydroxyl groups is 1. The number of carbonyl (C=O) groups is 1. The number of nitrogens with two attached hydrogens (primary N) is 2. The third kappa shape index (κ3) is 3.27. The number of aromatic nitrogens is 2. The number of benzene rings is 1. The summed E-state index contributed by atoms with van der Waals surface area (Å²) in [5.74, 6) is 0.185. The predicted octanol–water partition coefficient (Wildman–Crippen LogP) is 2.81. The van der Waals surface area contributed by atoms with E-state index >= 15 is 0 Å². The number of primary amides is 1. The number of likely N-dealkylation sites (N-methyl/N-ethyl adjacent to an activating group) is 1. The molecule has 0 unspecified atom stereocenters. The number of nitrogen functional groups attached to an aromatic ring is 1. The number of pyridine rings is 1. The second-order valence-electron chi connectivity index (χ2n) is 8.72. The SMILES string of the molecule is Cc1cc2c(C(N)=O)c(N)n(-c3c(C)ccc(O)c3C)c2nc1OCC1(N(C)C)CC1. The van der Waals surface area contributed by atoms with Crippen molar-refractivity contribution in [1.82, 2.24) is 14.5 Å². The molecule has 0 spiro atoms. The van der Waals surface area contributed by atoms with Crippen LogP contribution in [0.4, 0.5) is 5.82 Å². The number of amides is 1. The van der Waals surface area contributed by atoms with E-state index < -0.39 is 5.91 Å². The highest BCUT2D eigenvalue weighted by molar-refractivity contribution is 6.11. The van der Waals surface area contributed by atoms with Crippen LogP contribution in [0.2, 0.25) is 0 Å². The van der Waals surface area contributed by atoms with E-state index in [0.29, 0.717) is 34.8 Å². The highest BCUT2D eigenvalue weighted by Gasteiger charge is 2.45. The number of carbonyl (C=O) groups excluding carboxylic acids is 1. The molecule has 1 saturated carbocycles. The van der Waals surface area contributed by atoms with Crippen molar-refractivity contribution in [2.45, 2.75) is 39.2 Å². The van der Waals surface area contributed by atoms with Gasteiger partial charge in [-0.2, -0.15) is 4.98 Å². The van der Waals surface area contributed by atoms with Gasteiger partial charge in [0.05, 0.1) is 16.8 Å². The molecule has 5 N–H and O–H groups in total. The van der Waals surface area contributed by atoms with Crippen LogP contribution in [-0.4, -0.2) is 51.7 Å². The average Bonchev–Trinajstić information content (AvgIpc) is 3.44. The topological polar surface area (TPSA) is 120 Å². The van der Waals surface area contributed by atoms with Gasteiger partial charge in [-0.05, 0) is 65.4 Å². The highest BCUT2D eigenvalue weighted by atomic mass is 16.5. The Bertz CT molecular complexity index is 1210. The number of aryl methyl sites for hydroxylation is 2. The second-order valence-corrected chi connectivity index (χ2v) is 8.72. The smallest absolute Gasteiger partial charge is 0.253 e. The van der Waals surface area contributed by atoms with Crippen LogP contribution in [0.3, 0.4) is 0 Å². The summed E-state index contributed by atoms with van der Waals surface area (Å²) in [6.45, 7) is 6.13. The zero-order valence-corrected chi connectivity index (χ0v) is 18.6. The summed E-state index contributed by atoms with van der Waals surface area (Å²) in [5.41, 5.74) is 15.8. The summed E-state index contributed by atoms with van der Waals surface area (Å²) in [7, 11) is 4.11. The van der Waals surface area contributed by atoms with Crippen LogP contribution in [-0.2, 0) is 0 Å². The number of hydrogen-bond acceptors (Lipinski definition) is 6. The maximum absolute atomic E-state index is 12.3. The molecular weight excluding hydrogens is 394 g/mol. The fraction of sp³-hybridized carbons (Fsp3) is 0.391. The summed E-state index contributed by atoms with van der Waals surface area (Å²) < 4.78 is 7.83. The molecule has 0 radical (unpaired) electrons. The Morgan fingerprint density at radius 2 is 1.94 bits per heavy atom. The van der Waals surface area contributed by atoms with Crippen LogP contribution in [0.25, 0.3) is 16.7 Å². The van der Waals surface area contributed by atoms with E-state index in [1.165, 1.54) is 0 Å². The minimum atomic E-state index is -0.629. The number of nitrogens with zero attached hydrogens (tertiary/aromatic N) is 3. The first-order chi connectivity index (χ1) is 14.6. The molecular formula is C23H29N5O3. The van der Waals surface area contributed by atoms with Gasteiger partial charge in [-0.25, -0.2) is 0 Å². The van der Waals surface area contributed by atoms with Gasteiger partial charge in [0.15, 0.2) is 5.65 Å². The van der Waals surface area contributed by atoms with E-state index in [1.807, 2.05) is 19.9 Å². The number of phenolic OH excluding ortho intramolecular Hbond substituents is 1. The third-order valence-corrected chi connectivity index (χ3v) is 6.45. The van der Waals surface area contributed by atoms with Crippen LogP contribution in [0, 0.1) is 20.8 Å². The standard InChI is InChI=1S/C23H29N5O3/c1-12-6-7-16(29)14(3)18(12)28-19(24)17(20(25)30)15-10-13(2)22(26-21(15)28)31-11-23(8-9-23)27(4)5/h6-7,10,29H,8-9,11,24H2,1-5H3,(H2,25,30). The van der Waals surface area contributed by atoms with Crippen molar-refractivity contribution in [3.63, 3.8) is 0 Å². The number of phenols is 1. The Labute approximate surface area is 181 Å². The molecule has 1 fully saturated rings. The van der Waals surface area contributed by atoms with E-state index in [0.717, 1.165) is 24.0 Å². The number of anilines is 1. The van der Waals surface area contributed by atoms with Crippen molar-refractivity contribution < 1.29 is 14.6 Å². The molecule has 0 aliphatic heterocycles. The van der Waals surface area contributed by atoms with Crippen LogP contribution >= 0.6 is 0 Å². The zero-order valence-electron chi connectivity index (χ0n) is 18.6. The zero-order chi connectivity index (χ0) is 22.7. The van der Waals surface area contributed by atoms with Crippen LogP contribution in [0.15, 0.2) is 18.2 Å². The first-order valence-electron chi connectivity index (χ1n) is 10.3. The van der Waals surface area contributed by atoms with Crippen molar-refractivity contribution in [1.29, 1.82) is 0 Å². The van der Waals surface area contributed by atoms with E-state index in [-0.39, 0.29) is 22.7 Å². The minimum Gasteiger partial charge on any atom is -0.508 e. The molecule has 4 rings (SSSR count). The lowest BCUT2D eigenvalue weighted by molar-refractivity contribution is 0.100. The Hall–Kier alpha value is -3.26. The summed E-state index contributed by atoms with van der Waals surface area (Å²) in [6.07, 6.45) is 2.16. The Kier molecular flexibility index (Phi) is 4.85. The lowest BCUT2D eigenvalue weighted by Gasteiger charge is -2.24.